The third kappa shape index (κ3) is 17.6. The summed E-state index contributed by atoms with van der Waals surface area (Å²) in [5, 5.41) is 27.0. The Morgan fingerprint density at radius 3 is 2.27 bits per heavy atom. The fraction of sp³-hybridized carbons (Fsp3) is 0.472. The third-order valence-electron chi connectivity index (χ3n) is 12.6. The summed E-state index contributed by atoms with van der Waals surface area (Å²) in [7, 11) is -3.62. The van der Waals surface area contributed by atoms with Crippen LogP contribution in [0, 0.1) is 12.3 Å². The summed E-state index contributed by atoms with van der Waals surface area (Å²) in [4.78, 5) is 91.0. The number of aliphatic hydroxyl groups excluding tert-OH is 1. The number of rotatable bonds is 27. The Balaban J connectivity index is 0.845. The van der Waals surface area contributed by atoms with Crippen molar-refractivity contribution in [2.75, 3.05) is 37.9 Å². The summed E-state index contributed by atoms with van der Waals surface area (Å²) in [6, 6.07) is 15.8. The second kappa shape index (κ2) is 27.5. The number of aromatic nitrogens is 3. The molecule has 0 spiro atoms. The number of nitrogens with one attached hydrogen (secondary N) is 5. The van der Waals surface area contributed by atoms with Crippen LogP contribution in [0.15, 0.2) is 83.9 Å². The Bertz CT molecular complexity index is 2830. The molecule has 4 atom stereocenters. The van der Waals surface area contributed by atoms with Crippen LogP contribution >= 0.6 is 22.7 Å². The van der Waals surface area contributed by atoms with Gasteiger partial charge in [-0.25, -0.2) is 18.4 Å². The molecule has 404 valence electrons. The maximum atomic E-state index is 14.0. The molecule has 3 aromatic heterocycles. The summed E-state index contributed by atoms with van der Waals surface area (Å²) in [6.07, 6.45) is 7.48. The predicted molar refractivity (Wildman–Crippen MR) is 289 cm³/mol. The van der Waals surface area contributed by atoms with Crippen LogP contribution in [0.2, 0.25) is 0 Å². The number of likely N-dealkylation sites (tertiary alicyclic amines) is 1. The van der Waals surface area contributed by atoms with Gasteiger partial charge in [-0.2, -0.15) is 0 Å². The first-order valence-electron chi connectivity index (χ1n) is 25.2. The molecule has 75 heavy (non-hydrogen) atoms. The van der Waals surface area contributed by atoms with Crippen LogP contribution in [0.4, 0.5) is 5.13 Å². The van der Waals surface area contributed by atoms with E-state index >= 15 is 0 Å². The second-order valence-corrected chi connectivity index (χ2v) is 23.3. The lowest BCUT2D eigenvalue weighted by atomic mass is 9.85. The highest BCUT2D eigenvalue weighted by molar-refractivity contribution is 7.89. The van der Waals surface area contributed by atoms with Gasteiger partial charge in [0.25, 0.3) is 5.91 Å². The van der Waals surface area contributed by atoms with Crippen molar-refractivity contribution in [3.63, 3.8) is 0 Å². The Hall–Kier alpha value is -6.33. The van der Waals surface area contributed by atoms with E-state index in [0.29, 0.717) is 30.2 Å². The number of hydrogen-bond acceptors (Lipinski definition) is 14. The zero-order chi connectivity index (χ0) is 54.1. The average molecular weight is 1090 g/mol. The molecule has 4 heterocycles. The molecule has 1 saturated heterocycles. The highest BCUT2D eigenvalue weighted by atomic mass is 32.2. The number of hydrogen-bond donors (Lipinski definition) is 6. The molecule has 0 saturated carbocycles. The van der Waals surface area contributed by atoms with Gasteiger partial charge in [0.2, 0.25) is 39.6 Å². The Morgan fingerprint density at radius 2 is 1.57 bits per heavy atom. The van der Waals surface area contributed by atoms with E-state index in [1.165, 1.54) is 34.7 Å². The predicted octanol–water partition coefficient (Wildman–Crippen LogP) is 6.04. The SMILES string of the molecule is Cc1ncsc1-c1ccc(CNC(=O)[C@@H]2C[C@@H](O)CN2C(=O)[C@@H](NC(=O)CCCCCCCNC(=O)CCCOCC[C@H](NC(=O)c2ccn(S(C)(=O)=O)c2)C(=O)Nc2nc(-c3ccccc3)cs2)C(C)(C)C)cc1. The Morgan fingerprint density at radius 1 is 0.853 bits per heavy atom. The van der Waals surface area contributed by atoms with Gasteiger partial charge in [0.05, 0.1) is 39.7 Å². The zero-order valence-corrected chi connectivity index (χ0v) is 45.6. The molecular formula is C53H69N9O10S3. The van der Waals surface area contributed by atoms with E-state index < -0.39 is 57.4 Å². The van der Waals surface area contributed by atoms with Crippen molar-refractivity contribution in [3.8, 4) is 21.7 Å². The largest absolute Gasteiger partial charge is 0.391 e. The number of nitrogens with zero attached hydrogens (tertiary/aromatic N) is 4. The van der Waals surface area contributed by atoms with Crippen LogP contribution in [-0.2, 0) is 45.3 Å². The molecule has 19 nitrogen and oxygen atoms in total. The van der Waals surface area contributed by atoms with E-state index in [0.717, 1.165) is 63.2 Å². The first-order valence-corrected chi connectivity index (χ1v) is 28.8. The highest BCUT2D eigenvalue weighted by Gasteiger charge is 2.44. The molecular weight excluding hydrogens is 1020 g/mol. The van der Waals surface area contributed by atoms with Gasteiger partial charge in [-0.05, 0) is 55.2 Å². The fourth-order valence-corrected chi connectivity index (χ4v) is 10.5. The first kappa shape index (κ1) is 57.9. The van der Waals surface area contributed by atoms with Crippen LogP contribution < -0.4 is 26.6 Å². The van der Waals surface area contributed by atoms with E-state index in [1.807, 2.05) is 87.7 Å². The van der Waals surface area contributed by atoms with Gasteiger partial charge in [0, 0.05) is 75.4 Å². The zero-order valence-electron chi connectivity index (χ0n) is 43.1. The molecule has 0 radical (unpaired) electrons. The maximum Gasteiger partial charge on any atom is 0.253 e. The third-order valence-corrected chi connectivity index (χ3v) is 15.3. The van der Waals surface area contributed by atoms with Crippen molar-refractivity contribution < 1.29 is 47.0 Å². The van der Waals surface area contributed by atoms with Crippen LogP contribution in [0.1, 0.15) is 107 Å². The number of benzene rings is 2. The molecule has 5 aromatic rings. The molecule has 0 aliphatic carbocycles. The van der Waals surface area contributed by atoms with Crippen LogP contribution in [0.3, 0.4) is 0 Å². The van der Waals surface area contributed by atoms with Crippen molar-refractivity contribution in [1.29, 1.82) is 0 Å². The smallest absolute Gasteiger partial charge is 0.253 e. The van der Waals surface area contributed by atoms with Crippen molar-refractivity contribution in [2.45, 2.75) is 123 Å². The van der Waals surface area contributed by atoms with Crippen LogP contribution in [-0.4, -0.2) is 125 Å². The molecule has 1 aliphatic rings. The van der Waals surface area contributed by atoms with Gasteiger partial charge >= 0.3 is 0 Å². The minimum Gasteiger partial charge on any atom is -0.391 e. The molecule has 2 aromatic carbocycles. The lowest BCUT2D eigenvalue weighted by molar-refractivity contribution is -0.144. The van der Waals surface area contributed by atoms with Crippen molar-refractivity contribution in [3.05, 3.63) is 101 Å². The molecule has 0 bridgehead atoms. The van der Waals surface area contributed by atoms with Crippen molar-refractivity contribution in [1.82, 2.24) is 40.1 Å². The van der Waals surface area contributed by atoms with Gasteiger partial charge in [0.15, 0.2) is 5.13 Å². The number of carbonyl (C=O) groups excluding carboxylic acids is 6. The average Bonchev–Trinajstić information content (AvgIpc) is 4.22. The van der Waals surface area contributed by atoms with Gasteiger partial charge in [0.1, 0.15) is 18.1 Å². The highest BCUT2D eigenvalue weighted by Crippen LogP contribution is 2.29. The number of unbranched alkanes of at least 4 members (excludes halogenated alkanes) is 4. The number of carbonyl (C=O) groups is 6. The van der Waals surface area contributed by atoms with Gasteiger partial charge in [-0.15, -0.1) is 22.7 Å². The minimum atomic E-state index is -3.62. The molecule has 1 aliphatic heterocycles. The van der Waals surface area contributed by atoms with Gasteiger partial charge < -0.3 is 41.3 Å². The second-order valence-electron chi connectivity index (χ2n) is 19.7. The number of thiazole rings is 2. The summed E-state index contributed by atoms with van der Waals surface area (Å²) in [5.41, 5.74) is 5.65. The Labute approximate surface area is 446 Å². The molecule has 0 unspecified atom stereocenters. The van der Waals surface area contributed by atoms with E-state index in [-0.39, 0.29) is 75.3 Å². The summed E-state index contributed by atoms with van der Waals surface area (Å²) in [6.45, 7) is 8.60. The molecule has 22 heteroatoms. The number of ether oxygens (including phenoxy) is 1. The number of aryl methyl sites for hydroxylation is 1. The number of β-amino-alcohol motifs (C(OH)–C–C–N with tert-alkyl or cyclic N) is 1. The number of anilines is 1. The standard InChI is InChI=1S/C53H69N9O10S3/c1-35-46(74-34-56-35)38-21-19-36(20-22-38)30-55-50(68)43-29-40(63)32-62(43)51(69)47(53(2,3)4)59-45(65)17-12-7-6-8-13-25-54-44(64)18-14-27-72-28-24-41(57-48(66)39-23-26-61(31-39)75(5,70)71)49(67)60-52-58-42(33-73-52)37-15-10-9-11-16-37/h9-11,15-16,19-23,26,31,33-34,40-41,43,47,63H,6-8,12-14,17-18,24-25,27-30,32H2,1-5H3,(H,54,64)(H,55,68)(H,57,66)(H,59,65)(H,58,60,67)/t40-,41+,43+,47-/m1/s1. The van der Waals surface area contributed by atoms with E-state index in [9.17, 15) is 42.3 Å². The van der Waals surface area contributed by atoms with E-state index in [1.54, 1.807) is 16.8 Å². The lowest BCUT2D eigenvalue weighted by Crippen LogP contribution is -2.57. The molecule has 1 fully saturated rings. The topological polar surface area (TPSA) is 260 Å². The van der Waals surface area contributed by atoms with Gasteiger partial charge in [-0.3, -0.25) is 32.7 Å². The Kier molecular flexibility index (Phi) is 21.2. The fourth-order valence-electron chi connectivity index (χ4n) is 8.40. The summed E-state index contributed by atoms with van der Waals surface area (Å²) < 4.78 is 30.6. The van der Waals surface area contributed by atoms with Crippen molar-refractivity contribution >= 4 is 73.3 Å². The number of aliphatic hydroxyl groups is 1. The van der Waals surface area contributed by atoms with Crippen molar-refractivity contribution in [2.24, 2.45) is 5.41 Å². The van der Waals surface area contributed by atoms with E-state index in [2.05, 4.69) is 36.6 Å². The quantitative estimate of drug-likeness (QED) is 0.0329. The van der Waals surface area contributed by atoms with Gasteiger partial charge in [-0.1, -0.05) is 94.6 Å². The molecule has 6 rings (SSSR count). The molecule has 6 N–H and O–H groups in total. The lowest BCUT2D eigenvalue weighted by Gasteiger charge is -2.35. The van der Waals surface area contributed by atoms with Crippen LogP contribution in [0.25, 0.3) is 21.7 Å². The first-order chi connectivity index (χ1) is 35.8. The monoisotopic (exact) mass is 1090 g/mol. The van der Waals surface area contributed by atoms with E-state index in [4.69, 9.17) is 4.74 Å². The summed E-state index contributed by atoms with van der Waals surface area (Å²) >= 11 is 2.80. The van der Waals surface area contributed by atoms with Crippen LogP contribution in [0.5, 0.6) is 0 Å². The maximum absolute atomic E-state index is 14.0. The number of amides is 6. The minimum absolute atomic E-state index is 0.00638. The normalized spacial score (nSPS) is 15.5. The summed E-state index contributed by atoms with van der Waals surface area (Å²) in [5.74, 6) is -2.33. The molecule has 6 amide bonds.